The van der Waals surface area contributed by atoms with Gasteiger partial charge in [-0.1, -0.05) is 55.8 Å². The molecule has 0 aliphatic carbocycles. The summed E-state index contributed by atoms with van der Waals surface area (Å²) in [5.74, 6) is -0.219. The summed E-state index contributed by atoms with van der Waals surface area (Å²) in [6.45, 7) is 13.4. The standard InChI is InChI=1S/C36H50ClN3O9/c1-10-12-30(42)39(7)22(4)23(5)47-29-18-31(43)40(8)25-16-24(17-26(46-9)32(25)37)15-20(2)13-11-14-28(41)36(45)19-27(48-34(44)38-36)21(3)33-35(29,6)49-33/h11,13-14,16-17,21-22,27-29,33,41,45H,5,10,12,15,18-19H2,1-4,6-9H3,(H,38,44)/b14-11+,20-13+. The summed E-state index contributed by atoms with van der Waals surface area (Å²) in [5, 5.41) is 25.0. The van der Waals surface area contributed by atoms with Gasteiger partial charge in [0.2, 0.25) is 11.8 Å². The number of alkyl carbamates (subject to hydrolysis) is 1. The van der Waals surface area contributed by atoms with E-state index in [4.69, 9.17) is 30.5 Å². The van der Waals surface area contributed by atoms with Crippen LogP contribution in [0.3, 0.4) is 0 Å². The molecule has 49 heavy (non-hydrogen) atoms. The van der Waals surface area contributed by atoms with Crippen molar-refractivity contribution in [2.75, 3.05) is 26.1 Å². The molecule has 12 nitrogen and oxygen atoms in total. The first-order chi connectivity index (χ1) is 22.9. The number of nitrogens with one attached hydrogen (secondary N) is 1. The first kappa shape index (κ1) is 38.2. The van der Waals surface area contributed by atoms with Crippen LogP contribution in [0.4, 0.5) is 10.5 Å². The maximum absolute atomic E-state index is 14.1. The summed E-state index contributed by atoms with van der Waals surface area (Å²) in [7, 11) is 4.80. The van der Waals surface area contributed by atoms with E-state index >= 15 is 0 Å². The van der Waals surface area contributed by atoms with Crippen molar-refractivity contribution >= 4 is 35.2 Å². The Morgan fingerprint density at radius 3 is 2.67 bits per heavy atom. The van der Waals surface area contributed by atoms with Crippen LogP contribution in [-0.4, -0.2) is 96.0 Å². The molecule has 4 rings (SSSR count). The number of allylic oxidation sites excluding steroid dienone is 3. The fourth-order valence-electron chi connectivity index (χ4n) is 6.45. The van der Waals surface area contributed by atoms with Gasteiger partial charge in [0.15, 0.2) is 5.72 Å². The number of aliphatic hydroxyl groups is 2. The number of carbonyl (C=O) groups excluding carboxylic acids is 3. The van der Waals surface area contributed by atoms with Crippen LogP contribution in [-0.2, 0) is 30.2 Å². The van der Waals surface area contributed by atoms with Gasteiger partial charge in [-0.2, -0.15) is 0 Å². The quantitative estimate of drug-likeness (QED) is 0.273. The number of fused-ring (bicyclic) bond motifs is 5. The third-order valence-electron chi connectivity index (χ3n) is 9.92. The van der Waals surface area contributed by atoms with E-state index in [9.17, 15) is 24.6 Å². The van der Waals surface area contributed by atoms with E-state index < -0.39 is 53.8 Å². The van der Waals surface area contributed by atoms with E-state index in [0.29, 0.717) is 30.7 Å². The lowest BCUT2D eigenvalue weighted by atomic mass is 9.83. The van der Waals surface area contributed by atoms with E-state index in [0.717, 1.165) is 11.1 Å². The Morgan fingerprint density at radius 2 is 2.02 bits per heavy atom. The van der Waals surface area contributed by atoms with E-state index in [1.165, 1.54) is 18.1 Å². The van der Waals surface area contributed by atoms with Crippen LogP contribution in [0, 0.1) is 5.92 Å². The molecule has 1 aromatic rings. The maximum Gasteiger partial charge on any atom is 0.409 e. The highest BCUT2D eigenvalue weighted by Gasteiger charge is 2.64. The molecule has 0 aromatic heterocycles. The third kappa shape index (κ3) is 8.25. The molecule has 0 spiro atoms. The fourth-order valence-corrected chi connectivity index (χ4v) is 6.76. The minimum Gasteiger partial charge on any atom is -0.495 e. The SMILES string of the molecule is C=C(OC1CC(=O)N(C)c2cc(cc(OC)c2Cl)C/C(C)=C/C=C/C(O)C2(O)CC(OC(=O)N2)C(C)C2OC12C)C(C)N(C)C(=O)CCC. The van der Waals surface area contributed by atoms with Crippen LogP contribution in [0.2, 0.25) is 5.02 Å². The molecule has 1 aromatic carbocycles. The van der Waals surface area contributed by atoms with E-state index in [2.05, 4.69) is 11.9 Å². The molecular weight excluding hydrogens is 654 g/mol. The van der Waals surface area contributed by atoms with Gasteiger partial charge < -0.3 is 39.0 Å². The highest BCUT2D eigenvalue weighted by Crippen LogP contribution is 2.49. The van der Waals surface area contributed by atoms with Crippen molar-refractivity contribution < 1.29 is 43.5 Å². The Kier molecular flexibility index (Phi) is 11.8. The molecule has 3 amide bonds. The number of halogens is 1. The molecule has 0 saturated carbocycles. The topological polar surface area (TPSA) is 150 Å². The Bertz CT molecular complexity index is 1510. The van der Waals surface area contributed by atoms with Gasteiger partial charge in [0.05, 0.1) is 31.4 Å². The number of methoxy groups -OCH3 is 1. The lowest BCUT2D eigenvalue weighted by molar-refractivity contribution is -0.134. The minimum absolute atomic E-state index is 0.0674. The van der Waals surface area contributed by atoms with Crippen LogP contribution < -0.4 is 15.0 Å². The number of rotatable bonds is 7. The van der Waals surface area contributed by atoms with Crippen molar-refractivity contribution in [2.24, 2.45) is 5.92 Å². The lowest BCUT2D eigenvalue weighted by Crippen LogP contribution is -2.63. The zero-order chi connectivity index (χ0) is 36.4. The third-order valence-corrected chi connectivity index (χ3v) is 10.3. The summed E-state index contributed by atoms with van der Waals surface area (Å²) >= 11 is 6.75. The monoisotopic (exact) mass is 703 g/mol. The predicted octanol–water partition coefficient (Wildman–Crippen LogP) is 4.65. The molecule has 13 heteroatoms. The van der Waals surface area contributed by atoms with E-state index in [1.54, 1.807) is 51.1 Å². The highest BCUT2D eigenvalue weighted by atomic mass is 35.5. The van der Waals surface area contributed by atoms with Crippen LogP contribution in [0.1, 0.15) is 65.9 Å². The summed E-state index contributed by atoms with van der Waals surface area (Å²) in [4.78, 5) is 42.4. The molecular formula is C36H50ClN3O9. The summed E-state index contributed by atoms with van der Waals surface area (Å²) in [6.07, 6.45) is 1.38. The normalized spacial score (nSPS) is 32.8. The fraction of sp³-hybridized carbons (Fsp3) is 0.583. The Labute approximate surface area is 293 Å². The van der Waals surface area contributed by atoms with Gasteiger partial charge in [-0.05, 0) is 51.3 Å². The largest absolute Gasteiger partial charge is 0.495 e. The predicted molar refractivity (Wildman–Crippen MR) is 185 cm³/mol. The molecule has 0 radical (unpaired) electrons. The van der Waals surface area contributed by atoms with Gasteiger partial charge in [-0.15, -0.1) is 0 Å². The van der Waals surface area contributed by atoms with E-state index in [1.807, 2.05) is 26.8 Å². The number of anilines is 1. The molecule has 270 valence electrons. The van der Waals surface area contributed by atoms with Crippen LogP contribution >= 0.6 is 11.6 Å². The number of hydrogen-bond acceptors (Lipinski definition) is 9. The zero-order valence-corrected chi connectivity index (χ0v) is 30.4. The lowest BCUT2D eigenvalue weighted by Gasteiger charge is -2.41. The number of epoxide rings is 1. The average molecular weight is 704 g/mol. The Morgan fingerprint density at radius 1 is 1.33 bits per heavy atom. The Hall–Kier alpha value is -3.58. The molecule has 4 bridgehead atoms. The zero-order valence-electron chi connectivity index (χ0n) is 29.6. The first-order valence-electron chi connectivity index (χ1n) is 16.6. The van der Waals surface area contributed by atoms with Crippen molar-refractivity contribution in [3.8, 4) is 5.75 Å². The van der Waals surface area contributed by atoms with Gasteiger partial charge in [-0.3, -0.25) is 14.9 Å². The van der Waals surface area contributed by atoms with Gasteiger partial charge in [0.1, 0.15) is 40.4 Å². The number of benzene rings is 1. The summed E-state index contributed by atoms with van der Waals surface area (Å²) in [6, 6.07) is 3.10. The molecule has 2 saturated heterocycles. The van der Waals surface area contributed by atoms with Crippen LogP contribution in [0.15, 0.2) is 48.3 Å². The van der Waals surface area contributed by atoms with Gasteiger partial charge >= 0.3 is 6.09 Å². The number of aliphatic hydroxyl groups excluding tert-OH is 1. The van der Waals surface area contributed by atoms with Crippen molar-refractivity contribution in [2.45, 2.75) is 109 Å². The average Bonchev–Trinajstić information content (AvgIpc) is 3.74. The van der Waals surface area contributed by atoms with Crippen molar-refractivity contribution in [1.82, 2.24) is 10.2 Å². The van der Waals surface area contributed by atoms with Gasteiger partial charge in [0.25, 0.3) is 0 Å². The number of carbonyl (C=O) groups is 3. The number of likely N-dealkylation sites (N-methyl/N-ethyl adjacent to an activating group) is 1. The second-order valence-corrected chi connectivity index (χ2v) is 14.0. The smallest absolute Gasteiger partial charge is 0.409 e. The van der Waals surface area contributed by atoms with Crippen molar-refractivity contribution in [3.63, 3.8) is 0 Å². The van der Waals surface area contributed by atoms with Crippen LogP contribution in [0.5, 0.6) is 5.75 Å². The molecule has 2 fully saturated rings. The number of hydrogen-bond donors (Lipinski definition) is 3. The molecule has 3 N–H and O–H groups in total. The number of ether oxygens (including phenoxy) is 4. The molecule has 3 aliphatic heterocycles. The minimum atomic E-state index is -2.01. The molecule has 3 aliphatic rings. The van der Waals surface area contributed by atoms with Crippen molar-refractivity contribution in [1.29, 1.82) is 0 Å². The van der Waals surface area contributed by atoms with Crippen molar-refractivity contribution in [3.05, 3.63) is 58.9 Å². The Balaban J connectivity index is 1.76. The van der Waals surface area contributed by atoms with Crippen LogP contribution in [0.25, 0.3) is 0 Å². The van der Waals surface area contributed by atoms with Gasteiger partial charge in [-0.25, -0.2) is 4.79 Å². The molecule has 8 atom stereocenters. The summed E-state index contributed by atoms with van der Waals surface area (Å²) in [5.41, 5.74) is -0.919. The molecule has 3 heterocycles. The second-order valence-electron chi connectivity index (χ2n) is 13.6. The first-order valence-corrected chi connectivity index (χ1v) is 17.0. The van der Waals surface area contributed by atoms with Gasteiger partial charge in [0, 0.05) is 32.9 Å². The molecule has 8 unspecified atom stereocenters. The second kappa shape index (κ2) is 15.1. The van der Waals surface area contributed by atoms with E-state index in [-0.39, 0.29) is 35.4 Å². The number of nitrogens with zero attached hydrogens (tertiary/aromatic N) is 2. The maximum atomic E-state index is 14.1. The number of amides is 3. The highest BCUT2D eigenvalue weighted by molar-refractivity contribution is 6.35. The summed E-state index contributed by atoms with van der Waals surface area (Å²) < 4.78 is 23.9.